The summed E-state index contributed by atoms with van der Waals surface area (Å²) in [5, 5.41) is 7.64. The Bertz CT molecular complexity index is 653. The van der Waals surface area contributed by atoms with Crippen molar-refractivity contribution in [2.45, 2.75) is 38.6 Å². The smallest absolute Gasteiger partial charge is 0.236 e. The van der Waals surface area contributed by atoms with Crippen LogP contribution in [0.25, 0.3) is 0 Å². The van der Waals surface area contributed by atoms with Gasteiger partial charge in [0.1, 0.15) is 0 Å². The van der Waals surface area contributed by atoms with Gasteiger partial charge in [-0.05, 0) is 38.4 Å². The molecule has 6 heteroatoms. The van der Waals surface area contributed by atoms with Gasteiger partial charge in [0.15, 0.2) is 5.82 Å². The largest absolute Gasteiger partial charge is 0.338 e. The molecule has 1 N–H and O–H groups in total. The summed E-state index contributed by atoms with van der Waals surface area (Å²) in [6.45, 7) is 9.30. The van der Waals surface area contributed by atoms with Crippen molar-refractivity contribution >= 4 is 12.4 Å². The first kappa shape index (κ1) is 18.9. The maximum absolute atomic E-state index is 5.63. The molecule has 0 radical (unpaired) electrons. The molecule has 5 nitrogen and oxygen atoms in total. The molecule has 1 aliphatic heterocycles. The zero-order valence-electron chi connectivity index (χ0n) is 14.9. The standard InChI is InChI=1S/C18H26N4O.ClH/c1-5-13-6-8-14(9-7-13)18(2,3)17-20-16(21-23-17)15-12-19-10-11-22(15)4;/h6-9,15,19H,5,10-12H2,1-4H3;1H. The van der Waals surface area contributed by atoms with Crippen molar-refractivity contribution in [3.05, 3.63) is 47.1 Å². The van der Waals surface area contributed by atoms with E-state index in [1.807, 2.05) is 0 Å². The number of piperazine rings is 1. The van der Waals surface area contributed by atoms with Crippen LogP contribution in [0.2, 0.25) is 0 Å². The van der Waals surface area contributed by atoms with Gasteiger partial charge in [-0.25, -0.2) is 0 Å². The van der Waals surface area contributed by atoms with Crippen LogP contribution in [0, 0.1) is 0 Å². The zero-order chi connectivity index (χ0) is 16.4. The fourth-order valence-electron chi connectivity index (χ4n) is 3.00. The highest BCUT2D eigenvalue weighted by Gasteiger charge is 2.32. The molecule has 1 fully saturated rings. The average Bonchev–Trinajstić information content (AvgIpc) is 3.06. The fourth-order valence-corrected chi connectivity index (χ4v) is 3.00. The summed E-state index contributed by atoms with van der Waals surface area (Å²) in [6.07, 6.45) is 1.05. The number of aromatic nitrogens is 2. The molecule has 1 aromatic carbocycles. The maximum Gasteiger partial charge on any atom is 0.236 e. The van der Waals surface area contributed by atoms with E-state index >= 15 is 0 Å². The van der Waals surface area contributed by atoms with Crippen LogP contribution in [0.3, 0.4) is 0 Å². The Hall–Kier alpha value is -1.43. The van der Waals surface area contributed by atoms with Crippen molar-refractivity contribution in [2.75, 3.05) is 26.7 Å². The van der Waals surface area contributed by atoms with E-state index in [9.17, 15) is 0 Å². The lowest BCUT2D eigenvalue weighted by Crippen LogP contribution is -2.44. The van der Waals surface area contributed by atoms with Crippen molar-refractivity contribution in [3.63, 3.8) is 0 Å². The molecule has 0 aliphatic carbocycles. The number of hydrogen-bond acceptors (Lipinski definition) is 5. The van der Waals surface area contributed by atoms with E-state index in [2.05, 4.69) is 67.5 Å². The third kappa shape index (κ3) is 3.63. The number of nitrogens with one attached hydrogen (secondary N) is 1. The minimum absolute atomic E-state index is 0. The predicted molar refractivity (Wildman–Crippen MR) is 97.7 cm³/mol. The summed E-state index contributed by atoms with van der Waals surface area (Å²) >= 11 is 0. The van der Waals surface area contributed by atoms with Crippen molar-refractivity contribution in [2.24, 2.45) is 0 Å². The monoisotopic (exact) mass is 350 g/mol. The van der Waals surface area contributed by atoms with Crippen LogP contribution < -0.4 is 5.32 Å². The van der Waals surface area contributed by atoms with E-state index in [1.165, 1.54) is 11.1 Å². The van der Waals surface area contributed by atoms with E-state index in [-0.39, 0.29) is 23.9 Å². The molecule has 3 rings (SSSR count). The normalized spacial score (nSPS) is 19.1. The van der Waals surface area contributed by atoms with E-state index < -0.39 is 0 Å². The van der Waals surface area contributed by atoms with E-state index in [0.29, 0.717) is 5.89 Å². The van der Waals surface area contributed by atoms with Gasteiger partial charge in [0.25, 0.3) is 0 Å². The summed E-state index contributed by atoms with van der Waals surface area (Å²) < 4.78 is 5.63. The Labute approximate surface area is 150 Å². The lowest BCUT2D eigenvalue weighted by molar-refractivity contribution is 0.190. The first-order chi connectivity index (χ1) is 11.0. The van der Waals surface area contributed by atoms with Gasteiger partial charge in [0.2, 0.25) is 5.89 Å². The highest BCUT2D eigenvalue weighted by atomic mass is 35.5. The predicted octanol–water partition coefficient (Wildman–Crippen LogP) is 2.96. The third-order valence-electron chi connectivity index (χ3n) is 4.87. The van der Waals surface area contributed by atoms with Crippen LogP contribution in [0.4, 0.5) is 0 Å². The molecule has 1 unspecified atom stereocenters. The van der Waals surface area contributed by atoms with Crippen molar-refractivity contribution < 1.29 is 4.52 Å². The van der Waals surface area contributed by atoms with Gasteiger partial charge in [-0.3, -0.25) is 4.90 Å². The highest BCUT2D eigenvalue weighted by Crippen LogP contribution is 2.31. The summed E-state index contributed by atoms with van der Waals surface area (Å²) in [5.74, 6) is 1.45. The molecule has 0 bridgehead atoms. The Morgan fingerprint density at radius 1 is 1.29 bits per heavy atom. The topological polar surface area (TPSA) is 54.2 Å². The molecule has 0 amide bonds. The molecule has 1 aromatic heterocycles. The van der Waals surface area contributed by atoms with E-state index in [4.69, 9.17) is 9.51 Å². The quantitative estimate of drug-likeness (QED) is 0.918. The molecule has 2 aromatic rings. The Balaban J connectivity index is 0.00000208. The van der Waals surface area contributed by atoms with Gasteiger partial charge in [-0.15, -0.1) is 12.4 Å². The molecule has 2 heterocycles. The highest BCUT2D eigenvalue weighted by molar-refractivity contribution is 5.85. The summed E-state index contributed by atoms with van der Waals surface area (Å²) in [6, 6.07) is 8.86. The molecule has 1 aliphatic rings. The van der Waals surface area contributed by atoms with Crippen molar-refractivity contribution in [1.29, 1.82) is 0 Å². The van der Waals surface area contributed by atoms with Gasteiger partial charge in [0.05, 0.1) is 11.5 Å². The lowest BCUT2D eigenvalue weighted by atomic mass is 9.84. The van der Waals surface area contributed by atoms with Gasteiger partial charge in [-0.1, -0.05) is 36.3 Å². The summed E-state index contributed by atoms with van der Waals surface area (Å²) in [7, 11) is 2.11. The first-order valence-electron chi connectivity index (χ1n) is 8.37. The molecule has 1 saturated heterocycles. The second-order valence-electron chi connectivity index (χ2n) is 6.83. The molecule has 0 saturated carbocycles. The maximum atomic E-state index is 5.63. The number of halogens is 1. The number of benzene rings is 1. The zero-order valence-corrected chi connectivity index (χ0v) is 15.7. The van der Waals surface area contributed by atoms with Crippen LogP contribution >= 0.6 is 12.4 Å². The third-order valence-corrected chi connectivity index (χ3v) is 4.87. The van der Waals surface area contributed by atoms with Crippen LogP contribution in [0.1, 0.15) is 49.7 Å². The first-order valence-corrected chi connectivity index (χ1v) is 8.37. The number of aryl methyl sites for hydroxylation is 1. The molecule has 132 valence electrons. The van der Waals surface area contributed by atoms with Crippen molar-refractivity contribution in [3.8, 4) is 0 Å². The summed E-state index contributed by atoms with van der Waals surface area (Å²) in [4.78, 5) is 6.99. The molecule has 1 atom stereocenters. The number of likely N-dealkylation sites (N-methyl/N-ethyl adjacent to an activating group) is 1. The van der Waals surface area contributed by atoms with Crippen LogP contribution in [-0.2, 0) is 11.8 Å². The Morgan fingerprint density at radius 3 is 2.62 bits per heavy atom. The second kappa shape index (κ2) is 7.64. The van der Waals surface area contributed by atoms with Gasteiger partial charge < -0.3 is 9.84 Å². The Morgan fingerprint density at radius 2 is 2.00 bits per heavy atom. The fraction of sp³-hybridized carbons (Fsp3) is 0.556. The molecular weight excluding hydrogens is 324 g/mol. The molecule has 24 heavy (non-hydrogen) atoms. The molecular formula is C18H27ClN4O. The second-order valence-corrected chi connectivity index (χ2v) is 6.83. The SMILES string of the molecule is CCc1ccc(C(C)(C)c2nc(C3CNCCN3C)no2)cc1.Cl. The van der Waals surface area contributed by atoms with Crippen LogP contribution in [0.15, 0.2) is 28.8 Å². The van der Waals surface area contributed by atoms with Crippen molar-refractivity contribution in [1.82, 2.24) is 20.4 Å². The number of nitrogens with zero attached hydrogens (tertiary/aromatic N) is 3. The van der Waals surface area contributed by atoms with E-state index in [1.54, 1.807) is 0 Å². The summed E-state index contributed by atoms with van der Waals surface area (Å²) in [5.41, 5.74) is 2.24. The van der Waals surface area contributed by atoms with E-state index in [0.717, 1.165) is 31.9 Å². The Kier molecular flexibility index (Phi) is 6.01. The minimum Gasteiger partial charge on any atom is -0.338 e. The van der Waals surface area contributed by atoms with Gasteiger partial charge in [0, 0.05) is 19.6 Å². The number of hydrogen-bond donors (Lipinski definition) is 1. The lowest BCUT2D eigenvalue weighted by Gasteiger charge is -2.30. The van der Waals surface area contributed by atoms with Crippen LogP contribution in [0.5, 0.6) is 0 Å². The van der Waals surface area contributed by atoms with Gasteiger partial charge in [-0.2, -0.15) is 4.98 Å². The number of rotatable bonds is 4. The van der Waals surface area contributed by atoms with Gasteiger partial charge >= 0.3 is 0 Å². The van der Waals surface area contributed by atoms with Crippen LogP contribution in [-0.4, -0.2) is 41.7 Å². The minimum atomic E-state index is -0.293. The molecule has 0 spiro atoms. The average molecular weight is 351 g/mol.